The van der Waals surface area contributed by atoms with E-state index < -0.39 is 0 Å². The number of aromatic nitrogens is 1. The predicted molar refractivity (Wildman–Crippen MR) is 79.3 cm³/mol. The van der Waals surface area contributed by atoms with E-state index in [0.29, 0.717) is 5.92 Å². The van der Waals surface area contributed by atoms with E-state index in [1.165, 1.54) is 10.9 Å². The van der Waals surface area contributed by atoms with Crippen molar-refractivity contribution in [1.29, 1.82) is 0 Å². The molecule has 0 spiro atoms. The first-order valence-electron chi connectivity index (χ1n) is 7.05. The average molecular weight is 255 g/mol. The van der Waals surface area contributed by atoms with Gasteiger partial charge in [0.1, 0.15) is 0 Å². The Bertz CT molecular complexity index is 547. The maximum absolute atomic E-state index is 4.56. The first kappa shape index (κ1) is 12.6. The van der Waals surface area contributed by atoms with Gasteiger partial charge >= 0.3 is 0 Å². The van der Waals surface area contributed by atoms with Crippen molar-refractivity contribution < 1.29 is 0 Å². The third-order valence-corrected chi connectivity index (χ3v) is 3.90. The van der Waals surface area contributed by atoms with Crippen molar-refractivity contribution in [2.45, 2.75) is 6.42 Å². The summed E-state index contributed by atoms with van der Waals surface area (Å²) in [4.78, 5) is 6.97. The minimum absolute atomic E-state index is 0.667. The smallest absolute Gasteiger partial charge is 0.0734 e. The second-order valence-corrected chi connectivity index (χ2v) is 5.53. The second-order valence-electron chi connectivity index (χ2n) is 5.53. The molecule has 1 unspecified atom stereocenters. The number of para-hydroxylation sites is 1. The Kier molecular flexibility index (Phi) is 3.76. The molecule has 3 rings (SSSR count). The molecule has 2 heterocycles. The van der Waals surface area contributed by atoms with Gasteiger partial charge in [0.2, 0.25) is 0 Å². The molecular weight excluding hydrogens is 234 g/mol. The highest BCUT2D eigenvalue weighted by molar-refractivity contribution is 5.81. The van der Waals surface area contributed by atoms with Crippen molar-refractivity contribution in [2.75, 3.05) is 33.2 Å². The van der Waals surface area contributed by atoms with E-state index in [1.807, 2.05) is 12.3 Å². The third kappa shape index (κ3) is 2.94. The summed E-state index contributed by atoms with van der Waals surface area (Å²) in [5.74, 6) is 0.667. The molecule has 1 aliphatic heterocycles. The molecule has 1 aliphatic rings. The summed E-state index contributed by atoms with van der Waals surface area (Å²) in [6, 6.07) is 10.7. The van der Waals surface area contributed by atoms with Gasteiger partial charge in [0, 0.05) is 31.2 Å². The highest BCUT2D eigenvalue weighted by Crippen LogP contribution is 2.19. The molecule has 3 heteroatoms. The summed E-state index contributed by atoms with van der Waals surface area (Å²) in [6.07, 6.45) is 3.00. The van der Waals surface area contributed by atoms with Gasteiger partial charge in [-0.2, -0.15) is 0 Å². The molecule has 1 aromatic carbocycles. The minimum atomic E-state index is 0.667. The van der Waals surface area contributed by atoms with Crippen molar-refractivity contribution in [1.82, 2.24) is 15.2 Å². The zero-order valence-corrected chi connectivity index (χ0v) is 11.5. The molecule has 3 nitrogen and oxygen atoms in total. The number of nitrogens with one attached hydrogen (secondary N) is 1. The Morgan fingerprint density at radius 2 is 2.21 bits per heavy atom. The molecule has 1 atom stereocenters. The first-order chi connectivity index (χ1) is 9.33. The Labute approximate surface area is 114 Å². The summed E-state index contributed by atoms with van der Waals surface area (Å²) >= 11 is 0. The van der Waals surface area contributed by atoms with E-state index in [-0.39, 0.29) is 0 Å². The van der Waals surface area contributed by atoms with Crippen molar-refractivity contribution in [3.8, 4) is 0 Å². The molecule has 1 aromatic heterocycles. The van der Waals surface area contributed by atoms with E-state index in [0.717, 1.165) is 38.1 Å². The minimum Gasteiger partial charge on any atom is -0.315 e. The van der Waals surface area contributed by atoms with E-state index in [1.54, 1.807) is 0 Å². The summed E-state index contributed by atoms with van der Waals surface area (Å²) in [6.45, 7) is 4.51. The van der Waals surface area contributed by atoms with Crippen LogP contribution in [0.3, 0.4) is 0 Å². The van der Waals surface area contributed by atoms with Crippen LogP contribution in [0.25, 0.3) is 10.9 Å². The fourth-order valence-corrected chi connectivity index (χ4v) is 2.95. The van der Waals surface area contributed by atoms with Gasteiger partial charge in [0.15, 0.2) is 0 Å². The summed E-state index contributed by atoms with van der Waals surface area (Å²) < 4.78 is 0. The quantitative estimate of drug-likeness (QED) is 0.889. The van der Waals surface area contributed by atoms with Gasteiger partial charge in [-0.3, -0.25) is 4.98 Å². The van der Waals surface area contributed by atoms with Gasteiger partial charge in [0.25, 0.3) is 0 Å². The predicted octanol–water partition coefficient (Wildman–Crippen LogP) is 1.93. The monoisotopic (exact) mass is 255 g/mol. The molecule has 2 aromatic rings. The van der Waals surface area contributed by atoms with Gasteiger partial charge in [0.05, 0.1) is 5.52 Å². The number of nitrogens with zero attached hydrogens (tertiary/aromatic N) is 2. The standard InChI is InChI=1S/C16H21N3/c1-19-9-8-17-11-13(12-19)10-15-5-2-4-14-6-3-7-18-16(14)15/h2-7,13,17H,8-12H2,1H3. The summed E-state index contributed by atoms with van der Waals surface area (Å²) in [5, 5.41) is 4.78. The first-order valence-corrected chi connectivity index (χ1v) is 7.05. The van der Waals surface area contributed by atoms with E-state index in [9.17, 15) is 0 Å². The molecule has 1 saturated heterocycles. The molecule has 0 radical (unpaired) electrons. The van der Waals surface area contributed by atoms with Crippen molar-refractivity contribution >= 4 is 10.9 Å². The Balaban J connectivity index is 1.84. The van der Waals surface area contributed by atoms with Crippen LogP contribution >= 0.6 is 0 Å². The summed E-state index contributed by atoms with van der Waals surface area (Å²) in [5.41, 5.74) is 2.54. The van der Waals surface area contributed by atoms with Crippen molar-refractivity contribution in [3.05, 3.63) is 42.1 Å². The van der Waals surface area contributed by atoms with Crippen LogP contribution in [0.15, 0.2) is 36.5 Å². The summed E-state index contributed by atoms with van der Waals surface area (Å²) in [7, 11) is 2.21. The number of rotatable bonds is 2. The lowest BCUT2D eigenvalue weighted by Crippen LogP contribution is -2.27. The Hall–Kier alpha value is -1.45. The van der Waals surface area contributed by atoms with E-state index in [4.69, 9.17) is 0 Å². The van der Waals surface area contributed by atoms with Crippen LogP contribution in [0.2, 0.25) is 0 Å². The number of fused-ring (bicyclic) bond motifs is 1. The van der Waals surface area contributed by atoms with Crippen LogP contribution < -0.4 is 5.32 Å². The molecule has 0 aliphatic carbocycles. The van der Waals surface area contributed by atoms with Crippen molar-refractivity contribution in [2.24, 2.45) is 5.92 Å². The van der Waals surface area contributed by atoms with Gasteiger partial charge < -0.3 is 10.2 Å². The van der Waals surface area contributed by atoms with Crippen LogP contribution in [-0.4, -0.2) is 43.1 Å². The van der Waals surface area contributed by atoms with Gasteiger partial charge in [-0.15, -0.1) is 0 Å². The molecule has 0 amide bonds. The number of benzene rings is 1. The fourth-order valence-electron chi connectivity index (χ4n) is 2.95. The molecule has 0 saturated carbocycles. The third-order valence-electron chi connectivity index (χ3n) is 3.90. The number of hydrogen-bond donors (Lipinski definition) is 1. The maximum Gasteiger partial charge on any atom is 0.0734 e. The average Bonchev–Trinajstić information content (AvgIpc) is 2.63. The van der Waals surface area contributed by atoms with Crippen LogP contribution in [0.4, 0.5) is 0 Å². The van der Waals surface area contributed by atoms with Crippen molar-refractivity contribution in [3.63, 3.8) is 0 Å². The van der Waals surface area contributed by atoms with Gasteiger partial charge in [-0.25, -0.2) is 0 Å². The zero-order valence-electron chi connectivity index (χ0n) is 11.5. The lowest BCUT2D eigenvalue weighted by Gasteiger charge is -2.19. The van der Waals surface area contributed by atoms with E-state index >= 15 is 0 Å². The Morgan fingerprint density at radius 3 is 3.16 bits per heavy atom. The molecule has 19 heavy (non-hydrogen) atoms. The fraction of sp³-hybridized carbons (Fsp3) is 0.438. The highest BCUT2D eigenvalue weighted by atomic mass is 15.1. The molecule has 1 fully saturated rings. The topological polar surface area (TPSA) is 28.2 Å². The highest BCUT2D eigenvalue weighted by Gasteiger charge is 2.16. The molecular formula is C16H21N3. The largest absolute Gasteiger partial charge is 0.315 e. The number of hydrogen-bond acceptors (Lipinski definition) is 3. The molecule has 100 valence electrons. The lowest BCUT2D eigenvalue weighted by atomic mass is 9.97. The SMILES string of the molecule is CN1CCNCC(Cc2cccc3cccnc23)C1. The van der Waals surface area contributed by atoms with Crippen LogP contribution in [-0.2, 0) is 6.42 Å². The Morgan fingerprint density at radius 1 is 1.32 bits per heavy atom. The van der Waals surface area contributed by atoms with Crippen LogP contribution in [0.1, 0.15) is 5.56 Å². The molecule has 0 bridgehead atoms. The van der Waals surface area contributed by atoms with Gasteiger partial charge in [-0.1, -0.05) is 24.3 Å². The zero-order chi connectivity index (χ0) is 13.1. The molecule has 1 N–H and O–H groups in total. The van der Waals surface area contributed by atoms with Crippen LogP contribution in [0.5, 0.6) is 0 Å². The van der Waals surface area contributed by atoms with E-state index in [2.05, 4.69) is 46.5 Å². The second kappa shape index (κ2) is 5.68. The normalized spacial score (nSPS) is 21.4. The van der Waals surface area contributed by atoms with Gasteiger partial charge in [-0.05, 0) is 37.6 Å². The number of likely N-dealkylation sites (N-methyl/N-ethyl adjacent to an activating group) is 1. The number of pyridine rings is 1. The lowest BCUT2D eigenvalue weighted by molar-refractivity contribution is 0.309. The van der Waals surface area contributed by atoms with Crippen LogP contribution in [0, 0.1) is 5.92 Å². The maximum atomic E-state index is 4.56.